The van der Waals surface area contributed by atoms with Crippen molar-refractivity contribution in [2.75, 3.05) is 7.05 Å². The molecule has 3 heteroatoms. The number of carbonyl (C=O) groups is 1. The van der Waals surface area contributed by atoms with E-state index in [1.807, 2.05) is 25.1 Å². The molecule has 0 aliphatic carbocycles. The molecule has 0 fully saturated rings. The van der Waals surface area contributed by atoms with E-state index >= 15 is 0 Å². The minimum Gasteiger partial charge on any atom is -0.322 e. The number of aryl methyl sites for hydroxylation is 1. The van der Waals surface area contributed by atoms with Crippen LogP contribution in [0.15, 0.2) is 18.2 Å². The zero-order valence-electron chi connectivity index (χ0n) is 8.11. The molecule has 0 saturated carbocycles. The molecule has 0 N–H and O–H groups in total. The molecule has 0 bridgehead atoms. The van der Waals surface area contributed by atoms with Crippen molar-refractivity contribution in [2.45, 2.75) is 13.0 Å². The second kappa shape index (κ2) is 2.85. The second-order valence-corrected chi connectivity index (χ2v) is 3.49. The highest BCUT2D eigenvalue weighted by atomic mass is 16.2. The van der Waals surface area contributed by atoms with Crippen LogP contribution in [0.2, 0.25) is 0 Å². The lowest BCUT2D eigenvalue weighted by Gasteiger charge is -2.11. The van der Waals surface area contributed by atoms with E-state index in [-0.39, 0.29) is 5.91 Å². The topological polar surface area (TPSA) is 44.1 Å². The van der Waals surface area contributed by atoms with Crippen molar-refractivity contribution in [1.29, 1.82) is 5.26 Å². The minimum atomic E-state index is -0.419. The van der Waals surface area contributed by atoms with Gasteiger partial charge in [0.2, 0.25) is 0 Å². The van der Waals surface area contributed by atoms with Gasteiger partial charge in [-0.25, -0.2) is 0 Å². The Kier molecular flexibility index (Phi) is 1.78. The van der Waals surface area contributed by atoms with Gasteiger partial charge in [-0.2, -0.15) is 5.26 Å². The average Bonchev–Trinajstić information content (AvgIpc) is 2.41. The third kappa shape index (κ3) is 0.942. The molecule has 1 aliphatic rings. The zero-order valence-corrected chi connectivity index (χ0v) is 8.11. The van der Waals surface area contributed by atoms with Crippen LogP contribution in [0.5, 0.6) is 0 Å². The van der Waals surface area contributed by atoms with Crippen molar-refractivity contribution in [3.63, 3.8) is 0 Å². The van der Waals surface area contributed by atoms with Crippen LogP contribution in [0.1, 0.15) is 27.5 Å². The smallest absolute Gasteiger partial charge is 0.255 e. The Labute approximate surface area is 82.6 Å². The lowest BCUT2D eigenvalue weighted by atomic mass is 10.0. The summed E-state index contributed by atoms with van der Waals surface area (Å²) in [6.45, 7) is 1.89. The van der Waals surface area contributed by atoms with Crippen LogP contribution in [0, 0.1) is 18.3 Å². The van der Waals surface area contributed by atoms with Crippen LogP contribution in [0.3, 0.4) is 0 Å². The fourth-order valence-electron chi connectivity index (χ4n) is 1.87. The van der Waals surface area contributed by atoms with Crippen molar-refractivity contribution in [2.24, 2.45) is 0 Å². The maximum atomic E-state index is 11.8. The van der Waals surface area contributed by atoms with Gasteiger partial charge in [0.05, 0.1) is 6.07 Å². The van der Waals surface area contributed by atoms with Gasteiger partial charge in [0, 0.05) is 18.2 Å². The largest absolute Gasteiger partial charge is 0.322 e. The monoisotopic (exact) mass is 186 g/mol. The van der Waals surface area contributed by atoms with E-state index in [0.717, 1.165) is 11.1 Å². The fraction of sp³-hybridized carbons (Fsp3) is 0.273. The van der Waals surface area contributed by atoms with Gasteiger partial charge in [-0.1, -0.05) is 18.2 Å². The van der Waals surface area contributed by atoms with E-state index in [9.17, 15) is 4.79 Å². The first-order valence-corrected chi connectivity index (χ1v) is 4.43. The highest BCUT2D eigenvalue weighted by Gasteiger charge is 2.34. The van der Waals surface area contributed by atoms with E-state index in [1.165, 1.54) is 4.90 Å². The van der Waals surface area contributed by atoms with Crippen LogP contribution in [0.4, 0.5) is 0 Å². The van der Waals surface area contributed by atoms with Crippen LogP contribution >= 0.6 is 0 Å². The quantitative estimate of drug-likeness (QED) is 0.618. The Morgan fingerprint density at radius 3 is 2.86 bits per heavy atom. The molecule has 70 valence electrons. The van der Waals surface area contributed by atoms with Crippen molar-refractivity contribution in [1.82, 2.24) is 4.90 Å². The number of carbonyl (C=O) groups excluding carboxylic acids is 1. The van der Waals surface area contributed by atoms with E-state index in [0.29, 0.717) is 5.56 Å². The molecule has 1 aromatic carbocycles. The van der Waals surface area contributed by atoms with E-state index in [4.69, 9.17) is 5.26 Å². The number of fused-ring (bicyclic) bond motifs is 1. The molecule has 3 nitrogen and oxygen atoms in total. The summed E-state index contributed by atoms with van der Waals surface area (Å²) in [5.41, 5.74) is 2.47. The minimum absolute atomic E-state index is 0.0512. The average molecular weight is 186 g/mol. The van der Waals surface area contributed by atoms with Crippen molar-refractivity contribution in [3.05, 3.63) is 34.9 Å². The first-order valence-electron chi connectivity index (χ1n) is 4.43. The molecule has 1 atom stereocenters. The van der Waals surface area contributed by atoms with Gasteiger partial charge in [-0.15, -0.1) is 0 Å². The summed E-state index contributed by atoms with van der Waals surface area (Å²) in [4.78, 5) is 13.2. The maximum absolute atomic E-state index is 11.8. The SMILES string of the molecule is Cc1cccc2c1C(=O)N(C)C2C#N. The number of benzene rings is 1. The number of nitriles is 1. The fourth-order valence-corrected chi connectivity index (χ4v) is 1.87. The van der Waals surface area contributed by atoms with Crippen LogP contribution < -0.4 is 0 Å². The highest BCUT2D eigenvalue weighted by molar-refractivity contribution is 6.00. The molecule has 0 aromatic heterocycles. The predicted octanol–water partition coefficient (Wildman–Crippen LogP) is 1.65. The Balaban J connectivity index is 2.68. The summed E-state index contributed by atoms with van der Waals surface area (Å²) in [7, 11) is 1.66. The molecule has 1 aliphatic heterocycles. The summed E-state index contributed by atoms with van der Waals surface area (Å²) in [5, 5.41) is 8.95. The van der Waals surface area contributed by atoms with Gasteiger partial charge < -0.3 is 4.90 Å². The Bertz CT molecular complexity index is 445. The highest BCUT2D eigenvalue weighted by Crippen LogP contribution is 2.33. The van der Waals surface area contributed by atoms with E-state index in [2.05, 4.69) is 6.07 Å². The van der Waals surface area contributed by atoms with Gasteiger partial charge in [0.1, 0.15) is 6.04 Å². The van der Waals surface area contributed by atoms with Crippen LogP contribution in [-0.2, 0) is 0 Å². The number of hydrogen-bond acceptors (Lipinski definition) is 2. The molecule has 0 saturated heterocycles. The van der Waals surface area contributed by atoms with Crippen molar-refractivity contribution in [3.8, 4) is 6.07 Å². The van der Waals surface area contributed by atoms with Gasteiger partial charge >= 0.3 is 0 Å². The molecule has 1 unspecified atom stereocenters. The number of amides is 1. The summed E-state index contributed by atoms with van der Waals surface area (Å²) in [6.07, 6.45) is 0. The summed E-state index contributed by atoms with van der Waals surface area (Å²) in [6, 6.07) is 7.33. The number of nitrogens with zero attached hydrogens (tertiary/aromatic N) is 2. The normalized spacial score (nSPS) is 19.4. The Morgan fingerprint density at radius 1 is 1.50 bits per heavy atom. The second-order valence-electron chi connectivity index (χ2n) is 3.49. The van der Waals surface area contributed by atoms with Crippen molar-refractivity contribution >= 4 is 5.91 Å². The molecule has 1 heterocycles. The molecule has 1 amide bonds. The predicted molar refractivity (Wildman–Crippen MR) is 51.6 cm³/mol. The number of rotatable bonds is 0. The van der Waals surface area contributed by atoms with Crippen LogP contribution in [-0.4, -0.2) is 17.9 Å². The third-order valence-corrected chi connectivity index (χ3v) is 2.64. The summed E-state index contributed by atoms with van der Waals surface area (Å²) >= 11 is 0. The summed E-state index contributed by atoms with van der Waals surface area (Å²) < 4.78 is 0. The maximum Gasteiger partial charge on any atom is 0.255 e. The van der Waals surface area contributed by atoms with Gasteiger partial charge in [0.15, 0.2) is 0 Å². The molecule has 0 radical (unpaired) electrons. The van der Waals surface area contributed by atoms with E-state index < -0.39 is 6.04 Å². The van der Waals surface area contributed by atoms with Crippen LogP contribution in [0.25, 0.3) is 0 Å². The first kappa shape index (κ1) is 8.76. The number of hydrogen-bond donors (Lipinski definition) is 0. The molecule has 2 rings (SSSR count). The lowest BCUT2D eigenvalue weighted by molar-refractivity contribution is 0.0799. The zero-order chi connectivity index (χ0) is 10.3. The Morgan fingerprint density at radius 2 is 2.21 bits per heavy atom. The van der Waals surface area contributed by atoms with Crippen molar-refractivity contribution < 1.29 is 4.79 Å². The molecular formula is C11H10N2O. The van der Waals surface area contributed by atoms with E-state index in [1.54, 1.807) is 7.05 Å². The molecule has 1 aromatic rings. The third-order valence-electron chi connectivity index (χ3n) is 2.64. The molecular weight excluding hydrogens is 176 g/mol. The van der Waals surface area contributed by atoms with Gasteiger partial charge in [-0.3, -0.25) is 4.79 Å². The summed E-state index contributed by atoms with van der Waals surface area (Å²) in [5.74, 6) is -0.0512. The first-order chi connectivity index (χ1) is 6.66. The Hall–Kier alpha value is -1.82. The van der Waals surface area contributed by atoms with Gasteiger partial charge in [-0.05, 0) is 12.5 Å². The van der Waals surface area contributed by atoms with Gasteiger partial charge in [0.25, 0.3) is 5.91 Å². The lowest BCUT2D eigenvalue weighted by Crippen LogP contribution is -2.22. The molecule has 14 heavy (non-hydrogen) atoms. The standard InChI is InChI=1S/C11H10N2O/c1-7-4-3-5-8-9(6-12)13(2)11(14)10(7)8/h3-5,9H,1-2H3. The molecule has 0 spiro atoms.